The SMILES string of the molecule is COC(=O)c1ccc(F)cc1S(=O)(=O)N(C)CCC(N)C(C)C.Cl. The number of carbonyl (C=O) groups excluding carboxylic acids is 1. The Hall–Kier alpha value is -1.22. The standard InChI is InChI=1S/C15H23FN2O4S.ClH/c1-10(2)13(17)7-8-18(3)23(20,21)14-9-11(16)5-6-12(14)15(19)22-4;/h5-6,9-10,13H,7-8,17H2,1-4H3;1H. The van der Waals surface area contributed by atoms with Gasteiger partial charge in [0.05, 0.1) is 17.6 Å². The van der Waals surface area contributed by atoms with Crippen molar-refractivity contribution in [2.24, 2.45) is 11.7 Å². The normalized spacial score (nSPS) is 12.8. The fourth-order valence-electron chi connectivity index (χ4n) is 1.94. The van der Waals surface area contributed by atoms with Gasteiger partial charge >= 0.3 is 5.97 Å². The lowest BCUT2D eigenvalue weighted by molar-refractivity contribution is 0.0596. The highest BCUT2D eigenvalue weighted by Gasteiger charge is 2.28. The van der Waals surface area contributed by atoms with Crippen LogP contribution in [0.1, 0.15) is 30.6 Å². The average Bonchev–Trinajstić information content (AvgIpc) is 2.50. The number of hydrogen-bond acceptors (Lipinski definition) is 5. The van der Waals surface area contributed by atoms with Crippen molar-refractivity contribution in [2.75, 3.05) is 20.7 Å². The zero-order valence-corrected chi connectivity index (χ0v) is 15.8. The van der Waals surface area contributed by atoms with E-state index < -0.39 is 26.7 Å². The van der Waals surface area contributed by atoms with Gasteiger partial charge in [0.25, 0.3) is 0 Å². The number of methoxy groups -OCH3 is 1. The van der Waals surface area contributed by atoms with Crippen molar-refractivity contribution in [3.8, 4) is 0 Å². The summed E-state index contributed by atoms with van der Waals surface area (Å²) in [5, 5.41) is 0. The largest absolute Gasteiger partial charge is 0.465 e. The Morgan fingerprint density at radius 1 is 1.38 bits per heavy atom. The van der Waals surface area contributed by atoms with E-state index in [1.165, 1.54) is 7.05 Å². The quantitative estimate of drug-likeness (QED) is 0.729. The van der Waals surface area contributed by atoms with E-state index in [9.17, 15) is 17.6 Å². The predicted molar refractivity (Wildman–Crippen MR) is 92.2 cm³/mol. The molecule has 1 aromatic rings. The molecule has 0 aromatic heterocycles. The first-order chi connectivity index (χ1) is 10.6. The molecule has 0 aliphatic rings. The van der Waals surface area contributed by atoms with Crippen molar-refractivity contribution in [2.45, 2.75) is 31.2 Å². The maximum absolute atomic E-state index is 13.5. The van der Waals surface area contributed by atoms with Gasteiger partial charge in [0.15, 0.2) is 0 Å². The summed E-state index contributed by atoms with van der Waals surface area (Å²) in [6, 6.07) is 2.78. The summed E-state index contributed by atoms with van der Waals surface area (Å²) in [6.07, 6.45) is 0.455. The number of esters is 1. The molecule has 6 nitrogen and oxygen atoms in total. The summed E-state index contributed by atoms with van der Waals surface area (Å²) in [4.78, 5) is 11.3. The molecule has 0 saturated heterocycles. The van der Waals surface area contributed by atoms with Crippen LogP contribution in [0.2, 0.25) is 0 Å². The summed E-state index contributed by atoms with van der Waals surface area (Å²) in [7, 11) is -1.53. The topological polar surface area (TPSA) is 89.7 Å². The number of nitrogens with two attached hydrogens (primary N) is 1. The van der Waals surface area contributed by atoms with Crippen molar-refractivity contribution >= 4 is 28.4 Å². The Morgan fingerprint density at radius 3 is 2.46 bits per heavy atom. The molecule has 2 N–H and O–H groups in total. The van der Waals surface area contributed by atoms with E-state index in [2.05, 4.69) is 4.74 Å². The fourth-order valence-corrected chi connectivity index (χ4v) is 3.31. The zero-order valence-electron chi connectivity index (χ0n) is 14.2. The van der Waals surface area contributed by atoms with Crippen LogP contribution in [-0.4, -0.2) is 45.4 Å². The molecule has 138 valence electrons. The summed E-state index contributed by atoms with van der Waals surface area (Å²) in [5.74, 6) is -1.37. The van der Waals surface area contributed by atoms with Crippen molar-refractivity contribution < 1.29 is 22.3 Å². The summed E-state index contributed by atoms with van der Waals surface area (Å²) in [5.41, 5.74) is 5.71. The fraction of sp³-hybridized carbons (Fsp3) is 0.533. The smallest absolute Gasteiger partial charge is 0.339 e. The highest BCUT2D eigenvalue weighted by molar-refractivity contribution is 7.89. The second-order valence-electron chi connectivity index (χ2n) is 5.66. The molecule has 24 heavy (non-hydrogen) atoms. The molecule has 1 unspecified atom stereocenters. The Bertz CT molecular complexity index is 667. The van der Waals surface area contributed by atoms with Crippen molar-refractivity contribution in [1.82, 2.24) is 4.31 Å². The lowest BCUT2D eigenvalue weighted by atomic mass is 10.0. The van der Waals surface area contributed by atoms with Crippen LogP contribution in [0.5, 0.6) is 0 Å². The number of halogens is 2. The number of benzene rings is 1. The lowest BCUT2D eigenvalue weighted by Gasteiger charge is -2.22. The van der Waals surface area contributed by atoms with E-state index in [1.54, 1.807) is 0 Å². The molecule has 9 heteroatoms. The van der Waals surface area contributed by atoms with Crippen molar-refractivity contribution in [1.29, 1.82) is 0 Å². The Kier molecular flexibility index (Phi) is 8.84. The first-order valence-electron chi connectivity index (χ1n) is 7.21. The van der Waals surface area contributed by atoms with Crippen LogP contribution in [0, 0.1) is 11.7 Å². The van der Waals surface area contributed by atoms with E-state index in [4.69, 9.17) is 5.73 Å². The minimum atomic E-state index is -4.03. The van der Waals surface area contributed by atoms with Crippen LogP contribution in [0.25, 0.3) is 0 Å². The second-order valence-corrected chi connectivity index (χ2v) is 7.67. The molecule has 0 amide bonds. The molecule has 0 spiro atoms. The first-order valence-corrected chi connectivity index (χ1v) is 8.65. The van der Waals surface area contributed by atoms with E-state index in [1.807, 2.05) is 13.8 Å². The Balaban J connectivity index is 0.00000529. The van der Waals surface area contributed by atoms with Crippen LogP contribution in [0.4, 0.5) is 4.39 Å². The van der Waals surface area contributed by atoms with E-state index >= 15 is 0 Å². The van der Waals surface area contributed by atoms with Crippen LogP contribution in [0.15, 0.2) is 23.1 Å². The molecular weight excluding hydrogens is 359 g/mol. The van der Waals surface area contributed by atoms with Gasteiger partial charge in [-0.1, -0.05) is 13.8 Å². The van der Waals surface area contributed by atoms with Gasteiger partial charge in [0.2, 0.25) is 10.0 Å². The van der Waals surface area contributed by atoms with E-state index in [-0.39, 0.29) is 36.5 Å². The predicted octanol–water partition coefficient (Wildman–Crippen LogP) is 2.03. The number of nitrogens with zero attached hydrogens (tertiary/aromatic N) is 1. The zero-order chi connectivity index (χ0) is 17.8. The average molecular weight is 383 g/mol. The molecule has 1 rings (SSSR count). The molecular formula is C15H24ClFN2O4S. The first kappa shape index (κ1) is 22.8. The van der Waals surface area contributed by atoms with Crippen LogP contribution < -0.4 is 5.73 Å². The number of carbonyl (C=O) groups is 1. The molecule has 0 heterocycles. The Morgan fingerprint density at radius 2 is 1.96 bits per heavy atom. The molecule has 0 aliphatic carbocycles. The number of ether oxygens (including phenoxy) is 1. The van der Waals surface area contributed by atoms with Gasteiger partial charge in [0.1, 0.15) is 5.82 Å². The van der Waals surface area contributed by atoms with Gasteiger partial charge in [-0.2, -0.15) is 0 Å². The monoisotopic (exact) mass is 382 g/mol. The van der Waals surface area contributed by atoms with Crippen LogP contribution >= 0.6 is 12.4 Å². The van der Waals surface area contributed by atoms with Gasteiger partial charge in [-0.15, -0.1) is 12.4 Å². The number of rotatable bonds is 7. The molecule has 0 bridgehead atoms. The highest BCUT2D eigenvalue weighted by Crippen LogP contribution is 2.22. The summed E-state index contributed by atoms with van der Waals surface area (Å²) >= 11 is 0. The van der Waals surface area contributed by atoms with E-state index in [0.29, 0.717) is 6.42 Å². The molecule has 1 atom stereocenters. The highest BCUT2D eigenvalue weighted by atomic mass is 35.5. The number of hydrogen-bond donors (Lipinski definition) is 1. The second kappa shape index (κ2) is 9.31. The molecule has 0 radical (unpaired) electrons. The van der Waals surface area contributed by atoms with Crippen LogP contribution in [0.3, 0.4) is 0 Å². The van der Waals surface area contributed by atoms with Gasteiger partial charge in [0, 0.05) is 19.6 Å². The molecule has 0 fully saturated rings. The van der Waals surface area contributed by atoms with Crippen molar-refractivity contribution in [3.63, 3.8) is 0 Å². The maximum Gasteiger partial charge on any atom is 0.339 e. The summed E-state index contributed by atoms with van der Waals surface area (Å²) in [6.45, 7) is 4.06. The van der Waals surface area contributed by atoms with E-state index in [0.717, 1.165) is 29.6 Å². The minimum absolute atomic E-state index is 0. The molecule has 0 aliphatic heterocycles. The maximum atomic E-state index is 13.5. The number of sulfonamides is 1. The van der Waals surface area contributed by atoms with Gasteiger partial charge in [-0.3, -0.25) is 0 Å². The van der Waals surface area contributed by atoms with Crippen LogP contribution in [-0.2, 0) is 14.8 Å². The Labute approximate surface area is 148 Å². The van der Waals surface area contributed by atoms with Gasteiger partial charge in [-0.25, -0.2) is 21.9 Å². The third kappa shape index (κ3) is 5.41. The van der Waals surface area contributed by atoms with Gasteiger partial charge in [-0.05, 0) is 30.5 Å². The summed E-state index contributed by atoms with van der Waals surface area (Å²) < 4.78 is 44.3. The lowest BCUT2D eigenvalue weighted by Crippen LogP contribution is -2.35. The minimum Gasteiger partial charge on any atom is -0.465 e. The third-order valence-corrected chi connectivity index (χ3v) is 5.57. The molecule has 1 aromatic carbocycles. The third-order valence-electron chi connectivity index (χ3n) is 3.67. The molecule has 0 saturated carbocycles. The van der Waals surface area contributed by atoms with Crippen molar-refractivity contribution in [3.05, 3.63) is 29.6 Å². The van der Waals surface area contributed by atoms with Gasteiger partial charge < -0.3 is 10.5 Å².